The lowest BCUT2D eigenvalue weighted by molar-refractivity contribution is -0.127. The van der Waals surface area contributed by atoms with Crippen LogP contribution < -0.4 is 0 Å². The highest BCUT2D eigenvalue weighted by molar-refractivity contribution is 5.73. The zero-order valence-electron chi connectivity index (χ0n) is 32.4. The van der Waals surface area contributed by atoms with E-state index in [4.69, 9.17) is 0 Å². The monoisotopic (exact) mass is 585 g/mol. The molecule has 0 spiro atoms. The largest absolute Gasteiger partial charge is 0.343 e. The quantitative estimate of drug-likeness (QED) is 0.329. The van der Waals surface area contributed by atoms with Crippen molar-refractivity contribution in [1.82, 2.24) is 9.80 Å². The van der Waals surface area contributed by atoms with Gasteiger partial charge in [-0.1, -0.05) is 111 Å². The minimum Gasteiger partial charge on any atom is -0.343 e. The molecule has 3 heteroatoms. The van der Waals surface area contributed by atoms with Gasteiger partial charge in [0.05, 0.1) is 0 Å². The summed E-state index contributed by atoms with van der Waals surface area (Å²) in [5, 5.41) is 0. The van der Waals surface area contributed by atoms with Crippen LogP contribution in [0.5, 0.6) is 0 Å². The fourth-order valence-electron chi connectivity index (χ4n) is 4.06. The van der Waals surface area contributed by atoms with E-state index in [2.05, 4.69) is 130 Å². The Morgan fingerprint density at radius 2 is 0.732 bits per heavy atom. The van der Waals surface area contributed by atoms with Crippen molar-refractivity contribution in [3.8, 4) is 0 Å². The smallest absolute Gasteiger partial charge is 0.219 e. The predicted molar refractivity (Wildman–Crippen MR) is 191 cm³/mol. The van der Waals surface area contributed by atoms with Crippen molar-refractivity contribution in [2.24, 2.45) is 47.3 Å². The molecule has 3 aliphatic rings. The molecule has 252 valence electrons. The van der Waals surface area contributed by atoms with E-state index in [1.807, 2.05) is 4.90 Å². The Morgan fingerprint density at radius 1 is 0.488 bits per heavy atom. The average molecular weight is 585 g/mol. The zero-order chi connectivity index (χ0) is 33.3. The van der Waals surface area contributed by atoms with Crippen molar-refractivity contribution in [2.75, 3.05) is 26.2 Å². The van der Waals surface area contributed by atoms with Crippen LogP contribution in [0.2, 0.25) is 0 Å². The Kier molecular flexibility index (Phi) is 34.1. The molecule has 2 unspecified atom stereocenters. The molecule has 3 rings (SSSR count). The van der Waals surface area contributed by atoms with Gasteiger partial charge in [0.2, 0.25) is 5.91 Å². The number of likely N-dealkylation sites (tertiary alicyclic amines) is 2. The lowest BCUT2D eigenvalue weighted by Crippen LogP contribution is -2.26. The van der Waals surface area contributed by atoms with Crippen LogP contribution in [0.3, 0.4) is 0 Å². The highest BCUT2D eigenvalue weighted by Crippen LogP contribution is 2.48. The van der Waals surface area contributed by atoms with Crippen molar-refractivity contribution < 1.29 is 4.79 Å². The number of nitrogens with zero attached hydrogens (tertiary/aromatic N) is 2. The lowest BCUT2D eigenvalue weighted by atomic mass is 10.0. The van der Waals surface area contributed by atoms with Crippen LogP contribution in [0.4, 0.5) is 0 Å². The molecule has 2 aliphatic heterocycles. The van der Waals surface area contributed by atoms with E-state index >= 15 is 0 Å². The fraction of sp³-hybridized carbons (Fsp3) is 0.974. The second kappa shape index (κ2) is 29.5. The normalized spacial score (nSPS) is 19.2. The van der Waals surface area contributed by atoms with Gasteiger partial charge in [0.25, 0.3) is 0 Å². The van der Waals surface area contributed by atoms with E-state index in [9.17, 15) is 4.79 Å². The van der Waals surface area contributed by atoms with Crippen LogP contribution in [-0.4, -0.2) is 47.9 Å². The molecular formula is C38H84N2O. The first kappa shape index (κ1) is 47.4. The maximum atomic E-state index is 10.6. The topological polar surface area (TPSA) is 23.6 Å². The molecule has 0 radical (unpaired) electrons. The van der Waals surface area contributed by atoms with Gasteiger partial charge in [0.15, 0.2) is 0 Å². The number of hydrogen-bond acceptors (Lipinski definition) is 2. The zero-order valence-corrected chi connectivity index (χ0v) is 32.4. The van der Waals surface area contributed by atoms with Crippen molar-refractivity contribution >= 4 is 5.91 Å². The number of amides is 1. The summed E-state index contributed by atoms with van der Waals surface area (Å²) < 4.78 is 0. The first-order valence-electron chi connectivity index (χ1n) is 17.7. The van der Waals surface area contributed by atoms with Crippen LogP contribution in [-0.2, 0) is 4.79 Å². The van der Waals surface area contributed by atoms with Gasteiger partial charge in [-0.15, -0.1) is 0 Å². The Morgan fingerprint density at radius 3 is 0.854 bits per heavy atom. The number of carbonyl (C=O) groups excluding carboxylic acids is 1. The van der Waals surface area contributed by atoms with Gasteiger partial charge in [-0.25, -0.2) is 0 Å². The van der Waals surface area contributed by atoms with Crippen molar-refractivity contribution in [3.05, 3.63) is 0 Å². The SMILES string of the molecule is CC(=O)N1CCCC1.CC(C)C.CC(C)C.CC(C)C.CC(C)C.CC(C)C1CC1C(C)C.CC(C)N1CCCC1. The molecule has 3 nitrogen and oxygen atoms in total. The lowest BCUT2D eigenvalue weighted by Gasteiger charge is -2.18. The third-order valence-electron chi connectivity index (χ3n) is 6.03. The third-order valence-corrected chi connectivity index (χ3v) is 6.03. The van der Waals surface area contributed by atoms with E-state index in [1.165, 1.54) is 45.2 Å². The fourth-order valence-corrected chi connectivity index (χ4v) is 4.06. The summed E-state index contributed by atoms with van der Waals surface area (Å²) in [5.41, 5.74) is 0. The molecule has 0 N–H and O–H groups in total. The maximum absolute atomic E-state index is 10.6. The predicted octanol–water partition coefficient (Wildman–Crippen LogP) is 11.7. The maximum Gasteiger partial charge on any atom is 0.219 e. The number of rotatable bonds is 3. The molecule has 1 saturated carbocycles. The van der Waals surface area contributed by atoms with E-state index in [0.717, 1.165) is 66.5 Å². The van der Waals surface area contributed by atoms with Gasteiger partial charge in [-0.3, -0.25) is 4.79 Å². The second-order valence-electron chi connectivity index (χ2n) is 16.0. The molecule has 2 heterocycles. The summed E-state index contributed by atoms with van der Waals surface area (Å²) in [6, 6.07) is 0.775. The highest BCUT2D eigenvalue weighted by atomic mass is 16.2. The van der Waals surface area contributed by atoms with Crippen LogP contribution in [0.25, 0.3) is 0 Å². The van der Waals surface area contributed by atoms with Crippen LogP contribution >= 0.6 is 0 Å². The minimum absolute atomic E-state index is 0.225. The number of carbonyl (C=O) groups is 1. The molecule has 0 aromatic heterocycles. The standard InChI is InChI=1S/C9H18.C7H15N.C6H11NO.4C4H10/c1-6(2)8-5-9(8)7(3)4;1-7(2)8-5-3-4-6-8;1-6(8)7-4-2-3-5-7;4*1-4(2)3/h6-9H,5H2,1-4H3;7H,3-6H2,1-2H3;2-5H2,1H3;4*4H,1-3H3. The third kappa shape index (κ3) is 44.0. The Hall–Kier alpha value is -0.570. The Balaban J connectivity index is -0.000000202. The molecule has 0 bridgehead atoms. The van der Waals surface area contributed by atoms with Crippen molar-refractivity contribution in [2.45, 2.75) is 170 Å². The summed E-state index contributed by atoms with van der Waals surface area (Å²) in [6.45, 7) is 46.2. The van der Waals surface area contributed by atoms with Crippen molar-refractivity contribution in [1.29, 1.82) is 0 Å². The van der Waals surface area contributed by atoms with Gasteiger partial charge in [-0.2, -0.15) is 0 Å². The van der Waals surface area contributed by atoms with E-state index < -0.39 is 0 Å². The summed E-state index contributed by atoms with van der Waals surface area (Å²) in [5.74, 6) is 7.53. The van der Waals surface area contributed by atoms with Crippen LogP contribution in [0.1, 0.15) is 164 Å². The second-order valence-corrected chi connectivity index (χ2v) is 16.0. The summed E-state index contributed by atoms with van der Waals surface area (Å²) in [6.07, 6.45) is 6.71. The van der Waals surface area contributed by atoms with Crippen LogP contribution in [0, 0.1) is 47.3 Å². The summed E-state index contributed by atoms with van der Waals surface area (Å²) in [4.78, 5) is 15.0. The summed E-state index contributed by atoms with van der Waals surface area (Å²) in [7, 11) is 0. The molecular weight excluding hydrogens is 500 g/mol. The van der Waals surface area contributed by atoms with E-state index in [0.29, 0.717) is 0 Å². The minimum atomic E-state index is 0.225. The molecule has 41 heavy (non-hydrogen) atoms. The van der Waals surface area contributed by atoms with Gasteiger partial charge >= 0.3 is 0 Å². The van der Waals surface area contributed by atoms with Gasteiger partial charge in [0.1, 0.15) is 0 Å². The summed E-state index contributed by atoms with van der Waals surface area (Å²) >= 11 is 0. The van der Waals surface area contributed by atoms with Crippen LogP contribution in [0.15, 0.2) is 0 Å². The molecule has 1 aliphatic carbocycles. The molecule has 0 aromatic rings. The molecule has 2 atom stereocenters. The first-order chi connectivity index (χ1) is 18.7. The highest BCUT2D eigenvalue weighted by Gasteiger charge is 2.40. The van der Waals surface area contributed by atoms with Gasteiger partial charge < -0.3 is 9.80 Å². The van der Waals surface area contributed by atoms with Crippen molar-refractivity contribution in [3.63, 3.8) is 0 Å². The molecule has 2 saturated heterocycles. The first-order valence-corrected chi connectivity index (χ1v) is 17.7. The Bertz CT molecular complexity index is 477. The van der Waals surface area contributed by atoms with E-state index in [-0.39, 0.29) is 5.91 Å². The molecule has 0 aromatic carbocycles. The number of hydrogen-bond donors (Lipinski definition) is 0. The van der Waals surface area contributed by atoms with Gasteiger partial charge in [-0.05, 0) is 106 Å². The molecule has 3 fully saturated rings. The van der Waals surface area contributed by atoms with E-state index in [1.54, 1.807) is 6.92 Å². The Labute approximate surface area is 263 Å². The average Bonchev–Trinajstić information content (AvgIpc) is 3.16. The molecule has 1 amide bonds. The van der Waals surface area contributed by atoms with Gasteiger partial charge in [0, 0.05) is 26.1 Å².